The van der Waals surface area contributed by atoms with Crippen molar-refractivity contribution < 1.29 is 82.8 Å². The van der Waals surface area contributed by atoms with Crippen LogP contribution in [0.3, 0.4) is 0 Å². The molecule has 10 atom stereocenters. The van der Waals surface area contributed by atoms with Crippen LogP contribution in [-0.2, 0) is 68.7 Å². The molecule has 16 N–H and O–H groups in total. The van der Waals surface area contributed by atoms with Crippen LogP contribution in [0.4, 0.5) is 5.69 Å². The molecule has 2 fully saturated rings. The number of piperazine rings is 1. The van der Waals surface area contributed by atoms with Gasteiger partial charge in [0.15, 0.2) is 0 Å². The molecular weight excluding hydrogens is 1250 g/mol. The van der Waals surface area contributed by atoms with Crippen LogP contribution in [0.2, 0.25) is 0 Å². The molecule has 0 spiro atoms. The number of aliphatic hydroxyl groups is 3. The van der Waals surface area contributed by atoms with E-state index in [1.54, 1.807) is 19.9 Å². The van der Waals surface area contributed by atoms with Crippen LogP contribution in [0.5, 0.6) is 5.75 Å². The fourth-order valence-corrected chi connectivity index (χ4v) is 13.0. The number of hydrogen-bond donors (Lipinski definition) is 15. The first-order valence-electron chi connectivity index (χ1n) is 32.0. The van der Waals surface area contributed by atoms with Crippen LogP contribution in [0.15, 0.2) is 29.3 Å². The summed E-state index contributed by atoms with van der Waals surface area (Å²) in [6.07, 6.45) is 2.81. The number of thioether (sulfide) groups is 1. The van der Waals surface area contributed by atoms with Crippen LogP contribution >= 0.6 is 11.8 Å². The van der Waals surface area contributed by atoms with E-state index in [0.717, 1.165) is 23.1 Å². The van der Waals surface area contributed by atoms with E-state index in [0.29, 0.717) is 126 Å². The molecule has 0 unspecified atom stereocenters. The van der Waals surface area contributed by atoms with Gasteiger partial charge in [0, 0.05) is 114 Å². The highest BCUT2D eigenvalue weighted by Gasteiger charge is 2.45. The number of anilines is 1. The summed E-state index contributed by atoms with van der Waals surface area (Å²) in [5.41, 5.74) is 6.59. The van der Waals surface area contributed by atoms with Crippen LogP contribution in [-0.4, -0.2) is 250 Å². The first kappa shape index (κ1) is 73.0. The molecule has 13 amide bonds. The van der Waals surface area contributed by atoms with E-state index < -0.39 is 159 Å². The Labute approximate surface area is 547 Å². The number of unbranched alkanes of at least 4 members (excludes halogenated alkanes) is 4. The van der Waals surface area contributed by atoms with Gasteiger partial charge in [-0.25, -0.2) is 0 Å². The number of hydrogen-bond acceptors (Lipinski definition) is 20. The molecule has 516 valence electrons. The van der Waals surface area contributed by atoms with Gasteiger partial charge in [0.2, 0.25) is 65.0 Å². The van der Waals surface area contributed by atoms with Crippen molar-refractivity contribution in [2.45, 2.75) is 151 Å². The van der Waals surface area contributed by atoms with E-state index in [1.807, 2.05) is 4.90 Å². The number of aromatic nitrogens is 1. The van der Waals surface area contributed by atoms with Crippen molar-refractivity contribution >= 4 is 105 Å². The van der Waals surface area contributed by atoms with Gasteiger partial charge >= 0.3 is 0 Å². The number of primary amides is 1. The number of aromatic amines is 1. The number of benzene rings is 1. The quantitative estimate of drug-likeness (QED) is 0.0368. The number of phenols is 1. The molecule has 1 aromatic carbocycles. The molecule has 32 nitrogen and oxygen atoms in total. The highest BCUT2D eigenvalue weighted by Crippen LogP contribution is 2.41. The Morgan fingerprint density at radius 2 is 1.37 bits per heavy atom. The fourth-order valence-electron chi connectivity index (χ4n) is 11.9. The predicted octanol–water partition coefficient (Wildman–Crippen LogP) is -4.54. The Bertz CT molecular complexity index is 3160. The molecule has 0 aliphatic carbocycles. The third kappa shape index (κ3) is 19.8. The van der Waals surface area contributed by atoms with Gasteiger partial charge in [-0.05, 0) is 49.3 Å². The molecule has 94 heavy (non-hydrogen) atoms. The van der Waals surface area contributed by atoms with Gasteiger partial charge in [-0.15, -0.1) is 11.8 Å². The number of rotatable bonds is 23. The summed E-state index contributed by atoms with van der Waals surface area (Å²) >= 11 is 0.939. The summed E-state index contributed by atoms with van der Waals surface area (Å²) in [6, 6.07) is -6.66. The maximum absolute atomic E-state index is 14.9. The lowest BCUT2D eigenvalue weighted by molar-refractivity contribution is -0.144. The monoisotopic (exact) mass is 1340 g/mol. The van der Waals surface area contributed by atoms with Gasteiger partial charge in [0.25, 0.3) is 11.8 Å². The molecule has 0 saturated carbocycles. The molecule has 7 rings (SSSR count). The fraction of sp³-hybridized carbons (Fsp3) is 0.623. The smallest absolute Gasteiger partial charge is 0.253 e. The number of carbonyl (C=O) groups excluding carboxylic acids is 13. The summed E-state index contributed by atoms with van der Waals surface area (Å²) in [5, 5.41) is 68.1. The first-order valence-corrected chi connectivity index (χ1v) is 33.0. The standard InChI is InChI=1S/C61H89N15O17S/c1-4-33(2)51-58(91)66-28-47(84)67-40-32-94-60-37(26-38(55(88)65-29-48(85)70-51)68-59(92)52(34(3)43(80)31-77)71-57(90)41-25-35(78)30-76(41)61(93)39(27-44(62)81)69-56(40)89)36-13-14-42(79)54(53(36)72-60)74-23-21-73(22-24-74)20-18-64-46(83)11-7-5-9-17-63-45(82)12-8-6-10-19-75-49(86)15-16-50(75)87/h13-16,33-35,38-41,43,51-52,72,77-80H,4-12,17-32H2,1-3H3,(H2,62,81)(H,63,82)(H,64,83)(H,65,88)(H,66,91)(H,67,84)(H,68,92)(H,69,89)(H,70,85)(H,71,90)/t33-,34-,35+,38+,39-,40-,41-,43-,51-,52-/m0/s1. The van der Waals surface area contributed by atoms with Crippen molar-refractivity contribution in [2.75, 3.05) is 89.3 Å². The lowest BCUT2D eigenvalue weighted by atomic mass is 9.93. The highest BCUT2D eigenvalue weighted by molar-refractivity contribution is 7.99. The van der Waals surface area contributed by atoms with Crippen molar-refractivity contribution in [3.63, 3.8) is 0 Å². The Hall–Kier alpha value is -8.40. The summed E-state index contributed by atoms with van der Waals surface area (Å²) in [5.74, 6) is -12.0. The van der Waals surface area contributed by atoms with Crippen molar-refractivity contribution in [3.05, 3.63) is 29.8 Å². The molecule has 2 saturated heterocycles. The minimum Gasteiger partial charge on any atom is -0.506 e. The van der Waals surface area contributed by atoms with E-state index in [1.165, 1.54) is 30.0 Å². The molecule has 5 aliphatic heterocycles. The number of fused-ring (bicyclic) bond motifs is 5. The zero-order valence-electron chi connectivity index (χ0n) is 53.1. The maximum atomic E-state index is 14.9. The largest absolute Gasteiger partial charge is 0.506 e. The summed E-state index contributed by atoms with van der Waals surface area (Å²) in [4.78, 5) is 185. The van der Waals surface area contributed by atoms with Crippen LogP contribution in [0.25, 0.3) is 10.9 Å². The molecule has 0 radical (unpaired) electrons. The van der Waals surface area contributed by atoms with E-state index in [4.69, 9.17) is 5.73 Å². The van der Waals surface area contributed by atoms with Crippen molar-refractivity contribution in [3.8, 4) is 5.75 Å². The number of aliphatic hydroxyl groups excluding tert-OH is 3. The van der Waals surface area contributed by atoms with E-state index in [9.17, 15) is 82.8 Å². The average Bonchev–Trinajstić information content (AvgIpc) is 1.60. The van der Waals surface area contributed by atoms with Gasteiger partial charge in [-0.3, -0.25) is 72.1 Å². The maximum Gasteiger partial charge on any atom is 0.253 e. The summed E-state index contributed by atoms with van der Waals surface area (Å²) in [7, 11) is 0. The Kier molecular flexibility index (Phi) is 26.9. The third-order valence-corrected chi connectivity index (χ3v) is 18.7. The number of aromatic hydroxyl groups is 1. The zero-order chi connectivity index (χ0) is 68.3. The number of H-pyrrole nitrogens is 1. The topological polar surface area (TPSA) is 466 Å². The van der Waals surface area contributed by atoms with E-state index >= 15 is 0 Å². The Morgan fingerprint density at radius 3 is 2.03 bits per heavy atom. The SMILES string of the molecule is CC[C@H](C)[C@@H]1NC(=O)CNC(=O)[C@H]2Cc3c([nH]c4c(N5CCN(CCNC(=O)CCCCCNC(=O)CCCCCN6C(=O)C=CC6=O)CC5)c(O)ccc34)SC[C@H](NC(=O)CNC1=O)C(=O)N[C@@H](CC(N)=O)C(=O)N1C[C@H](O)C[C@H]1C(=O)N[C@@H]([C@@H](C)[C@@H](O)CO)C(=O)N2. The second-order valence-electron chi connectivity index (χ2n) is 24.4. The summed E-state index contributed by atoms with van der Waals surface area (Å²) < 4.78 is 0. The summed E-state index contributed by atoms with van der Waals surface area (Å²) in [6.45, 7) is 5.28. The zero-order valence-corrected chi connectivity index (χ0v) is 53.9. The normalized spacial score (nSPS) is 24.2. The number of nitrogens with two attached hydrogens (primary N) is 1. The van der Waals surface area contributed by atoms with Gasteiger partial charge in [-0.2, -0.15) is 0 Å². The van der Waals surface area contributed by atoms with E-state index in [-0.39, 0.29) is 40.2 Å². The number of nitrogens with zero attached hydrogens (tertiary/aromatic N) is 4. The first-order chi connectivity index (χ1) is 44.9. The molecular formula is C61H89N15O17S. The predicted molar refractivity (Wildman–Crippen MR) is 339 cm³/mol. The molecule has 5 aliphatic rings. The van der Waals surface area contributed by atoms with Gasteiger partial charge in [0.05, 0.1) is 48.9 Å². The highest BCUT2D eigenvalue weighted by atomic mass is 32.2. The number of phenolic OH excluding ortho intramolecular Hbond substituents is 1. The molecule has 2 aromatic rings. The number of amides is 13. The minimum absolute atomic E-state index is 0.0843. The van der Waals surface area contributed by atoms with Crippen molar-refractivity contribution in [1.82, 2.24) is 67.5 Å². The van der Waals surface area contributed by atoms with Crippen molar-refractivity contribution in [2.24, 2.45) is 17.6 Å². The Balaban J connectivity index is 1.11. The average molecular weight is 1340 g/mol. The van der Waals surface area contributed by atoms with Crippen LogP contribution in [0.1, 0.15) is 97.0 Å². The van der Waals surface area contributed by atoms with Crippen LogP contribution in [0, 0.1) is 11.8 Å². The lowest BCUT2D eigenvalue weighted by Crippen LogP contribution is -2.62. The van der Waals surface area contributed by atoms with Gasteiger partial charge in [-0.1, -0.05) is 40.0 Å². The number of nitrogens with one attached hydrogen (secondary N) is 10. The van der Waals surface area contributed by atoms with Crippen LogP contribution < -0.4 is 58.5 Å². The van der Waals surface area contributed by atoms with Gasteiger partial charge < -0.3 is 88.8 Å². The Morgan fingerprint density at radius 1 is 0.723 bits per heavy atom. The minimum atomic E-state index is -1.81. The molecule has 6 heterocycles. The third-order valence-electron chi connectivity index (χ3n) is 17.6. The second-order valence-corrected chi connectivity index (χ2v) is 25.4. The molecule has 2 bridgehead atoms. The number of carbonyl (C=O) groups is 13. The number of imide groups is 1. The van der Waals surface area contributed by atoms with Gasteiger partial charge in [0.1, 0.15) is 47.7 Å². The second kappa shape index (κ2) is 34.7. The molecule has 33 heteroatoms. The van der Waals surface area contributed by atoms with E-state index in [2.05, 4.69) is 57.7 Å². The molecule has 1 aromatic heterocycles. The lowest BCUT2D eigenvalue weighted by Gasteiger charge is -2.36. The van der Waals surface area contributed by atoms with Crippen molar-refractivity contribution in [1.29, 1.82) is 0 Å².